The molecule has 0 aromatic heterocycles. The first-order chi connectivity index (χ1) is 7.29. The highest BCUT2D eigenvalue weighted by Gasteiger charge is 2.18. The van der Waals surface area contributed by atoms with Crippen molar-refractivity contribution < 1.29 is 9.53 Å². The minimum Gasteiger partial charge on any atom is -0.463 e. The highest BCUT2D eigenvalue weighted by Crippen LogP contribution is 2.29. The molecule has 0 saturated carbocycles. The second kappa shape index (κ2) is 6.72. The number of ether oxygens (including phenoxy) is 1. The SMILES string of the molecule is CCC(C)(C)C(C)=CC(=O)OCCC(C)C. The normalized spacial score (nSPS) is 13.1. The van der Waals surface area contributed by atoms with Crippen molar-refractivity contribution in [2.24, 2.45) is 11.3 Å². The van der Waals surface area contributed by atoms with Crippen LogP contribution in [-0.2, 0) is 9.53 Å². The Morgan fingerprint density at radius 1 is 1.38 bits per heavy atom. The fourth-order valence-corrected chi connectivity index (χ4v) is 1.09. The lowest BCUT2D eigenvalue weighted by Crippen LogP contribution is -2.14. The third-order valence-electron chi connectivity index (χ3n) is 3.23. The van der Waals surface area contributed by atoms with Crippen LogP contribution in [0.4, 0.5) is 0 Å². The van der Waals surface area contributed by atoms with E-state index in [2.05, 4.69) is 34.6 Å². The molecule has 16 heavy (non-hydrogen) atoms. The zero-order chi connectivity index (χ0) is 12.8. The Labute approximate surface area is 100 Å². The zero-order valence-electron chi connectivity index (χ0n) is 11.6. The monoisotopic (exact) mass is 226 g/mol. The van der Waals surface area contributed by atoms with Crippen molar-refractivity contribution in [3.8, 4) is 0 Å². The minimum atomic E-state index is -0.209. The van der Waals surface area contributed by atoms with Gasteiger partial charge >= 0.3 is 5.97 Å². The summed E-state index contributed by atoms with van der Waals surface area (Å²) in [6.07, 6.45) is 3.58. The topological polar surface area (TPSA) is 26.3 Å². The molecule has 0 N–H and O–H groups in total. The van der Waals surface area contributed by atoms with E-state index in [-0.39, 0.29) is 11.4 Å². The van der Waals surface area contributed by atoms with Crippen molar-refractivity contribution in [3.05, 3.63) is 11.6 Å². The Hall–Kier alpha value is -0.790. The summed E-state index contributed by atoms with van der Waals surface area (Å²) in [4.78, 5) is 11.5. The first kappa shape index (κ1) is 15.2. The van der Waals surface area contributed by atoms with Crippen molar-refractivity contribution in [2.45, 2.75) is 54.4 Å². The van der Waals surface area contributed by atoms with Crippen LogP contribution in [0.5, 0.6) is 0 Å². The fourth-order valence-electron chi connectivity index (χ4n) is 1.09. The van der Waals surface area contributed by atoms with Crippen LogP contribution in [-0.4, -0.2) is 12.6 Å². The van der Waals surface area contributed by atoms with Gasteiger partial charge in [-0.05, 0) is 31.1 Å². The lowest BCUT2D eigenvalue weighted by Gasteiger charge is -2.23. The molecule has 0 unspecified atom stereocenters. The molecule has 0 aromatic carbocycles. The predicted molar refractivity (Wildman–Crippen MR) is 68.2 cm³/mol. The fraction of sp³-hybridized carbons (Fsp3) is 0.786. The van der Waals surface area contributed by atoms with Crippen molar-refractivity contribution >= 4 is 5.97 Å². The maximum atomic E-state index is 11.5. The summed E-state index contributed by atoms with van der Waals surface area (Å²) in [6.45, 7) is 13.2. The first-order valence-electron chi connectivity index (χ1n) is 6.15. The molecule has 0 fully saturated rings. The predicted octanol–water partition coefficient (Wildman–Crippen LogP) is 3.96. The number of rotatable bonds is 6. The van der Waals surface area contributed by atoms with Gasteiger partial charge in [0.1, 0.15) is 0 Å². The molecule has 0 aliphatic heterocycles. The molecule has 0 aliphatic rings. The van der Waals surface area contributed by atoms with Crippen LogP contribution in [0.25, 0.3) is 0 Å². The largest absolute Gasteiger partial charge is 0.463 e. The Morgan fingerprint density at radius 3 is 2.38 bits per heavy atom. The number of carbonyl (C=O) groups is 1. The van der Waals surface area contributed by atoms with Gasteiger partial charge in [0.2, 0.25) is 0 Å². The average Bonchev–Trinajstić information content (AvgIpc) is 2.16. The van der Waals surface area contributed by atoms with Gasteiger partial charge in [0.15, 0.2) is 0 Å². The van der Waals surface area contributed by atoms with Crippen LogP contribution in [0.15, 0.2) is 11.6 Å². The van der Waals surface area contributed by atoms with Crippen molar-refractivity contribution in [2.75, 3.05) is 6.61 Å². The van der Waals surface area contributed by atoms with Gasteiger partial charge in [-0.15, -0.1) is 0 Å². The molecule has 2 heteroatoms. The van der Waals surface area contributed by atoms with Gasteiger partial charge in [-0.25, -0.2) is 4.79 Å². The lowest BCUT2D eigenvalue weighted by atomic mass is 9.82. The molecule has 0 radical (unpaired) electrons. The molecule has 2 nitrogen and oxygen atoms in total. The summed E-state index contributed by atoms with van der Waals surface area (Å²) >= 11 is 0. The Morgan fingerprint density at radius 2 is 1.94 bits per heavy atom. The molecule has 0 aliphatic carbocycles. The van der Waals surface area contributed by atoms with Crippen LogP contribution in [0.1, 0.15) is 54.4 Å². The Balaban J connectivity index is 4.16. The number of esters is 1. The Bertz CT molecular complexity index is 249. The molecule has 0 amide bonds. The van der Waals surface area contributed by atoms with Crippen molar-refractivity contribution in [1.82, 2.24) is 0 Å². The maximum Gasteiger partial charge on any atom is 0.330 e. The number of hydrogen-bond donors (Lipinski definition) is 0. The van der Waals surface area contributed by atoms with Crippen LogP contribution in [0, 0.1) is 11.3 Å². The Kier molecular flexibility index (Phi) is 6.39. The summed E-state index contributed by atoms with van der Waals surface area (Å²) in [5, 5.41) is 0. The van der Waals surface area contributed by atoms with Gasteiger partial charge in [0.25, 0.3) is 0 Å². The van der Waals surface area contributed by atoms with Gasteiger partial charge in [-0.2, -0.15) is 0 Å². The van der Waals surface area contributed by atoms with Crippen LogP contribution in [0.2, 0.25) is 0 Å². The van der Waals surface area contributed by atoms with E-state index < -0.39 is 0 Å². The van der Waals surface area contributed by atoms with Crippen molar-refractivity contribution in [1.29, 1.82) is 0 Å². The van der Waals surface area contributed by atoms with Gasteiger partial charge in [-0.3, -0.25) is 0 Å². The number of allylic oxidation sites excluding steroid dienone is 1. The molecule has 0 aromatic rings. The maximum absolute atomic E-state index is 11.5. The van der Waals surface area contributed by atoms with Gasteiger partial charge in [-0.1, -0.05) is 40.2 Å². The van der Waals surface area contributed by atoms with E-state index in [1.165, 1.54) is 0 Å². The third kappa shape index (κ3) is 5.94. The smallest absolute Gasteiger partial charge is 0.330 e. The molecule has 0 spiro atoms. The molecule has 0 atom stereocenters. The van der Waals surface area contributed by atoms with E-state index in [0.717, 1.165) is 18.4 Å². The highest BCUT2D eigenvalue weighted by atomic mass is 16.5. The lowest BCUT2D eigenvalue weighted by molar-refractivity contribution is -0.138. The van der Waals surface area contributed by atoms with Crippen molar-refractivity contribution in [3.63, 3.8) is 0 Å². The van der Waals surface area contributed by atoms with Crippen LogP contribution < -0.4 is 0 Å². The molecular weight excluding hydrogens is 200 g/mol. The van der Waals surface area contributed by atoms with Crippen LogP contribution >= 0.6 is 0 Å². The van der Waals surface area contributed by atoms with E-state index in [1.807, 2.05) is 6.92 Å². The third-order valence-corrected chi connectivity index (χ3v) is 3.23. The number of hydrogen-bond acceptors (Lipinski definition) is 2. The van der Waals surface area contributed by atoms with Gasteiger partial charge in [0, 0.05) is 6.08 Å². The first-order valence-corrected chi connectivity index (χ1v) is 6.15. The second-order valence-corrected chi connectivity index (χ2v) is 5.41. The van der Waals surface area contributed by atoms with E-state index >= 15 is 0 Å². The van der Waals surface area contributed by atoms with Crippen LogP contribution in [0.3, 0.4) is 0 Å². The molecular formula is C14H26O2. The highest BCUT2D eigenvalue weighted by molar-refractivity contribution is 5.82. The summed E-state index contributed by atoms with van der Waals surface area (Å²) in [5.74, 6) is 0.365. The number of carbonyl (C=O) groups excluding carboxylic acids is 1. The average molecular weight is 226 g/mol. The van der Waals surface area contributed by atoms with E-state index in [0.29, 0.717) is 12.5 Å². The minimum absolute atomic E-state index is 0.0804. The standard InChI is InChI=1S/C14H26O2/c1-7-14(5,6)12(4)10-13(15)16-9-8-11(2)3/h10-11H,7-9H2,1-6H3. The quantitative estimate of drug-likeness (QED) is 0.506. The summed E-state index contributed by atoms with van der Waals surface area (Å²) in [5.41, 5.74) is 1.17. The van der Waals surface area contributed by atoms with E-state index in [9.17, 15) is 4.79 Å². The zero-order valence-corrected chi connectivity index (χ0v) is 11.6. The summed E-state index contributed by atoms with van der Waals surface area (Å²) in [6, 6.07) is 0. The molecule has 0 bridgehead atoms. The van der Waals surface area contributed by atoms with Gasteiger partial charge < -0.3 is 4.74 Å². The molecule has 0 heterocycles. The second-order valence-electron chi connectivity index (χ2n) is 5.41. The molecule has 0 rings (SSSR count). The van der Waals surface area contributed by atoms with E-state index in [4.69, 9.17) is 4.74 Å². The molecule has 94 valence electrons. The summed E-state index contributed by atoms with van der Waals surface area (Å²) < 4.78 is 5.15. The van der Waals surface area contributed by atoms with Gasteiger partial charge in [0.05, 0.1) is 6.61 Å². The van der Waals surface area contributed by atoms with E-state index in [1.54, 1.807) is 6.08 Å². The summed E-state index contributed by atoms with van der Waals surface area (Å²) in [7, 11) is 0. The molecule has 0 saturated heterocycles.